The first kappa shape index (κ1) is 8.30. The second kappa shape index (κ2) is 4.16. The van der Waals surface area contributed by atoms with Crippen LogP contribution >= 0.6 is 22.6 Å². The van der Waals surface area contributed by atoms with Crippen LogP contribution in [-0.2, 0) is 0 Å². The van der Waals surface area contributed by atoms with Crippen molar-refractivity contribution < 1.29 is 4.79 Å². The van der Waals surface area contributed by atoms with Crippen LogP contribution in [0.3, 0.4) is 0 Å². The van der Waals surface area contributed by atoms with E-state index in [2.05, 4.69) is 11.0 Å². The summed E-state index contributed by atoms with van der Waals surface area (Å²) in [4.78, 5) is 10.6. The van der Waals surface area contributed by atoms with Crippen LogP contribution in [0.25, 0.3) is 0 Å². The zero-order chi connectivity index (χ0) is 8.10. The van der Waals surface area contributed by atoms with Gasteiger partial charge in [-0.05, 0) is 24.3 Å². The Labute approximate surface area is 78.5 Å². The smallest absolute Gasteiger partial charge is 0.284 e. The zero-order valence-corrected chi connectivity index (χ0v) is 7.83. The van der Waals surface area contributed by atoms with Gasteiger partial charge in [0.1, 0.15) is 0 Å². The summed E-state index contributed by atoms with van der Waals surface area (Å²) in [5, 5.41) is 2.65. The van der Waals surface area contributed by atoms with Gasteiger partial charge in [0.05, 0.1) is 0 Å². The van der Waals surface area contributed by atoms with Crippen LogP contribution in [0.1, 0.15) is 0 Å². The normalized spacial score (nSPS) is 14.1. The predicted octanol–water partition coefficient (Wildman–Crippen LogP) is 2.30. The fourth-order valence-corrected chi connectivity index (χ4v) is 0.965. The molecule has 0 saturated carbocycles. The molecule has 0 bridgehead atoms. The Morgan fingerprint density at radius 1 is 1.55 bits per heavy atom. The van der Waals surface area contributed by atoms with Gasteiger partial charge in [0.25, 0.3) is 3.91 Å². The van der Waals surface area contributed by atoms with Gasteiger partial charge in [-0.1, -0.05) is 6.08 Å². The molecule has 11 heavy (non-hydrogen) atoms. The van der Waals surface area contributed by atoms with E-state index in [-0.39, 0.29) is 3.91 Å². The summed E-state index contributed by atoms with van der Waals surface area (Å²) in [5.74, 6) is 0. The molecule has 3 heteroatoms. The minimum Gasteiger partial charge on any atom is -0.317 e. The van der Waals surface area contributed by atoms with E-state index in [1.807, 2.05) is 12.2 Å². The number of carbonyl (C=O) groups excluding carboxylic acids is 1. The summed E-state index contributed by atoms with van der Waals surface area (Å²) in [7, 11) is 0. The van der Waals surface area contributed by atoms with Crippen molar-refractivity contribution in [3.63, 3.8) is 0 Å². The minimum atomic E-state index is -0.0891. The number of nitrogens with one attached hydrogen (secondary N) is 1. The van der Waals surface area contributed by atoms with E-state index in [1.165, 1.54) is 0 Å². The summed E-state index contributed by atoms with van der Waals surface area (Å²) in [6.45, 7) is 0. The molecule has 1 amide bonds. The zero-order valence-electron chi connectivity index (χ0n) is 5.67. The Morgan fingerprint density at radius 2 is 2.36 bits per heavy atom. The summed E-state index contributed by atoms with van der Waals surface area (Å²) in [6, 6.07) is 0. The van der Waals surface area contributed by atoms with Crippen LogP contribution in [-0.4, -0.2) is 3.91 Å². The van der Waals surface area contributed by atoms with Gasteiger partial charge in [-0.15, -0.1) is 5.73 Å². The van der Waals surface area contributed by atoms with Gasteiger partial charge < -0.3 is 5.32 Å². The van der Waals surface area contributed by atoms with Crippen LogP contribution in [0.2, 0.25) is 0 Å². The lowest BCUT2D eigenvalue weighted by Crippen LogP contribution is -2.13. The number of allylic oxidation sites excluding steroid dienone is 4. The second-order valence-corrected chi connectivity index (χ2v) is 2.86. The Kier molecular flexibility index (Phi) is 3.14. The van der Waals surface area contributed by atoms with E-state index >= 15 is 0 Å². The van der Waals surface area contributed by atoms with Crippen molar-refractivity contribution in [3.05, 3.63) is 41.8 Å². The molecule has 1 aliphatic carbocycles. The first-order valence-corrected chi connectivity index (χ1v) is 4.13. The quantitative estimate of drug-likeness (QED) is 0.333. The molecule has 0 fully saturated rings. The van der Waals surface area contributed by atoms with Gasteiger partial charge in [-0.2, -0.15) is 0 Å². The Hall–Kier alpha value is -0.800. The molecule has 2 nitrogen and oxygen atoms in total. The molecule has 0 spiro atoms. The minimum absolute atomic E-state index is 0.0891. The largest absolute Gasteiger partial charge is 0.317 e. The number of hydrogen-bond acceptors (Lipinski definition) is 1. The van der Waals surface area contributed by atoms with E-state index in [1.54, 1.807) is 40.8 Å². The average Bonchev–Trinajstić information content (AvgIpc) is 2.14. The maximum Gasteiger partial charge on any atom is 0.284 e. The third-order valence-electron chi connectivity index (χ3n) is 1.07. The first-order valence-electron chi connectivity index (χ1n) is 3.05. The summed E-state index contributed by atoms with van der Waals surface area (Å²) < 4.78 is -0.0891. The van der Waals surface area contributed by atoms with Gasteiger partial charge in [-0.25, -0.2) is 0 Å². The number of amides is 1. The summed E-state index contributed by atoms with van der Waals surface area (Å²) >= 11 is 1.69. The van der Waals surface area contributed by atoms with Crippen LogP contribution in [0, 0.1) is 0 Å². The molecular formula is C8H6INO. The van der Waals surface area contributed by atoms with Crippen molar-refractivity contribution in [1.82, 2.24) is 5.32 Å². The van der Waals surface area contributed by atoms with Crippen molar-refractivity contribution in [1.29, 1.82) is 0 Å². The van der Waals surface area contributed by atoms with Crippen LogP contribution in [0.15, 0.2) is 41.8 Å². The highest BCUT2D eigenvalue weighted by Crippen LogP contribution is 1.98. The molecule has 0 saturated heterocycles. The van der Waals surface area contributed by atoms with Crippen LogP contribution in [0.5, 0.6) is 0 Å². The Balaban J connectivity index is 2.68. The molecule has 0 aromatic rings. The van der Waals surface area contributed by atoms with Crippen molar-refractivity contribution in [2.24, 2.45) is 0 Å². The molecule has 0 atom stereocenters. The average molecular weight is 259 g/mol. The topological polar surface area (TPSA) is 29.1 Å². The van der Waals surface area contributed by atoms with Crippen molar-refractivity contribution in [2.75, 3.05) is 0 Å². The third-order valence-corrected chi connectivity index (χ3v) is 1.34. The van der Waals surface area contributed by atoms with Crippen LogP contribution in [0.4, 0.5) is 4.79 Å². The number of rotatable bonds is 1. The molecule has 1 aliphatic rings. The Morgan fingerprint density at radius 3 is 3.09 bits per heavy atom. The van der Waals surface area contributed by atoms with E-state index in [9.17, 15) is 4.79 Å². The molecule has 56 valence electrons. The monoisotopic (exact) mass is 259 g/mol. The molecule has 1 rings (SSSR count). The highest BCUT2D eigenvalue weighted by molar-refractivity contribution is 14.1. The summed E-state index contributed by atoms with van der Waals surface area (Å²) in [6.07, 6.45) is 8.95. The van der Waals surface area contributed by atoms with E-state index in [0.717, 1.165) is 5.70 Å². The summed E-state index contributed by atoms with van der Waals surface area (Å²) in [5.41, 5.74) is 3.67. The lowest BCUT2D eigenvalue weighted by Gasteiger charge is -1.97. The second-order valence-electron chi connectivity index (χ2n) is 1.88. The molecule has 0 aliphatic heterocycles. The first-order chi connectivity index (χ1) is 5.29. The molecule has 1 N–H and O–H groups in total. The fraction of sp³-hybridized carbons (Fsp3) is 0. The van der Waals surface area contributed by atoms with Crippen molar-refractivity contribution in [2.45, 2.75) is 0 Å². The Bertz CT molecular complexity index is 282. The lowest BCUT2D eigenvalue weighted by atomic mass is 10.4. The fourth-order valence-electron chi connectivity index (χ4n) is 0.653. The van der Waals surface area contributed by atoms with Crippen molar-refractivity contribution >= 4 is 26.5 Å². The molecule has 0 aromatic carbocycles. The lowest BCUT2D eigenvalue weighted by molar-refractivity contribution is 0.265. The predicted molar refractivity (Wildman–Crippen MR) is 52.4 cm³/mol. The molecular weight excluding hydrogens is 253 g/mol. The maximum absolute atomic E-state index is 10.6. The van der Waals surface area contributed by atoms with E-state index in [0.29, 0.717) is 0 Å². The van der Waals surface area contributed by atoms with Crippen molar-refractivity contribution in [3.8, 4) is 0 Å². The maximum atomic E-state index is 10.6. The highest BCUT2D eigenvalue weighted by Gasteiger charge is 1.94. The molecule has 0 unspecified atom stereocenters. The van der Waals surface area contributed by atoms with Gasteiger partial charge in [0.2, 0.25) is 0 Å². The third kappa shape index (κ3) is 3.20. The van der Waals surface area contributed by atoms with E-state index < -0.39 is 0 Å². The number of hydrogen-bond donors (Lipinski definition) is 1. The van der Waals surface area contributed by atoms with Gasteiger partial charge in [0.15, 0.2) is 0 Å². The van der Waals surface area contributed by atoms with Crippen LogP contribution < -0.4 is 5.32 Å². The van der Waals surface area contributed by atoms with Gasteiger partial charge in [-0.3, -0.25) is 4.79 Å². The van der Waals surface area contributed by atoms with Gasteiger partial charge in [0, 0.05) is 28.3 Å². The highest BCUT2D eigenvalue weighted by atomic mass is 127. The standard InChI is InChI=1S/C8H6INO/c9-8(11)10-7-5-3-1-2-4-6-7/h1,3-6H,(H,10,11). The number of carbonyl (C=O) groups is 1. The molecule has 0 heterocycles. The van der Waals surface area contributed by atoms with E-state index in [4.69, 9.17) is 0 Å². The molecule has 0 radical (unpaired) electrons. The van der Waals surface area contributed by atoms with Gasteiger partial charge >= 0.3 is 0 Å². The SMILES string of the molecule is O=C(I)NC1=CC=C=CC=C1. The molecule has 0 aromatic heterocycles. The number of halogens is 1.